The minimum atomic E-state index is 0.440. The van der Waals surface area contributed by atoms with Gasteiger partial charge in [0.15, 0.2) is 5.82 Å². The van der Waals surface area contributed by atoms with Crippen LogP contribution in [0.25, 0.3) is 0 Å². The number of anilines is 2. The number of nitrogens with two attached hydrogens (primary N) is 1. The molecular weight excluding hydrogens is 264 g/mol. The molecular formula is C16H22N4O. The minimum absolute atomic E-state index is 0.440. The van der Waals surface area contributed by atoms with Gasteiger partial charge in [0.25, 0.3) is 0 Å². The molecule has 0 saturated heterocycles. The molecule has 0 aliphatic heterocycles. The molecule has 0 unspecified atom stereocenters. The lowest BCUT2D eigenvalue weighted by Crippen LogP contribution is -2.08. The number of benzene rings is 1. The Hall–Kier alpha value is -2.30. The highest BCUT2D eigenvalue weighted by molar-refractivity contribution is 5.66. The summed E-state index contributed by atoms with van der Waals surface area (Å²) in [6, 6.07) is 8.49. The number of hydrogen-bond donors (Lipinski definition) is 2. The summed E-state index contributed by atoms with van der Waals surface area (Å²) in [4.78, 5) is 8.22. The molecule has 0 bridgehead atoms. The van der Waals surface area contributed by atoms with Gasteiger partial charge in [-0.1, -0.05) is 38.1 Å². The zero-order valence-electron chi connectivity index (χ0n) is 12.6. The smallest absolute Gasteiger partial charge is 0.242 e. The summed E-state index contributed by atoms with van der Waals surface area (Å²) < 4.78 is 5.49. The molecule has 0 fully saturated rings. The van der Waals surface area contributed by atoms with Gasteiger partial charge < -0.3 is 15.8 Å². The summed E-state index contributed by atoms with van der Waals surface area (Å²) in [5, 5.41) is 3.23. The second kappa shape index (κ2) is 7.47. The molecule has 21 heavy (non-hydrogen) atoms. The summed E-state index contributed by atoms with van der Waals surface area (Å²) in [5.41, 5.74) is 8.99. The Morgan fingerprint density at radius 3 is 2.48 bits per heavy atom. The van der Waals surface area contributed by atoms with E-state index < -0.39 is 0 Å². The fraction of sp³-hybridized carbons (Fsp3) is 0.375. The Morgan fingerprint density at radius 2 is 1.81 bits per heavy atom. The third-order valence-corrected chi connectivity index (χ3v) is 3.18. The van der Waals surface area contributed by atoms with Crippen LogP contribution in [0.1, 0.15) is 31.4 Å². The topological polar surface area (TPSA) is 73.1 Å². The van der Waals surface area contributed by atoms with Gasteiger partial charge in [-0.15, -0.1) is 0 Å². The van der Waals surface area contributed by atoms with E-state index in [4.69, 9.17) is 10.5 Å². The molecule has 2 aromatic rings. The lowest BCUT2D eigenvalue weighted by Gasteiger charge is -2.11. The van der Waals surface area contributed by atoms with E-state index in [1.54, 1.807) is 0 Å². The van der Waals surface area contributed by atoms with Crippen LogP contribution in [0.15, 0.2) is 30.6 Å². The minimum Gasteiger partial charge on any atom is -0.476 e. The maximum absolute atomic E-state index is 6.02. The molecule has 1 aromatic heterocycles. The van der Waals surface area contributed by atoms with Crippen LogP contribution in [-0.2, 0) is 13.0 Å². The largest absolute Gasteiger partial charge is 0.476 e. The molecule has 5 nitrogen and oxygen atoms in total. The molecule has 0 radical (unpaired) electrons. The van der Waals surface area contributed by atoms with Crippen LogP contribution < -0.4 is 15.8 Å². The number of nitrogens with zero attached hydrogens (tertiary/aromatic N) is 2. The first-order chi connectivity index (χ1) is 10.2. The van der Waals surface area contributed by atoms with Gasteiger partial charge in [-0.2, -0.15) is 4.98 Å². The number of aryl methyl sites for hydroxylation is 1. The molecule has 0 aliphatic carbocycles. The van der Waals surface area contributed by atoms with Crippen molar-refractivity contribution in [2.45, 2.75) is 33.2 Å². The van der Waals surface area contributed by atoms with Crippen LogP contribution in [0.5, 0.6) is 5.88 Å². The molecule has 112 valence electrons. The number of ether oxygens (including phenoxy) is 1. The van der Waals surface area contributed by atoms with Crippen molar-refractivity contribution in [2.75, 3.05) is 17.7 Å². The van der Waals surface area contributed by atoms with E-state index in [2.05, 4.69) is 46.5 Å². The fourth-order valence-electron chi connectivity index (χ4n) is 1.91. The summed E-state index contributed by atoms with van der Waals surface area (Å²) in [6.07, 6.45) is 3.42. The van der Waals surface area contributed by atoms with Crippen LogP contribution in [0.2, 0.25) is 0 Å². The average Bonchev–Trinajstić information content (AvgIpc) is 2.53. The molecule has 0 saturated carbocycles. The normalized spacial score (nSPS) is 10.4. The number of hydrogen-bond acceptors (Lipinski definition) is 5. The van der Waals surface area contributed by atoms with E-state index in [0.717, 1.165) is 12.8 Å². The van der Waals surface area contributed by atoms with Crippen molar-refractivity contribution in [3.05, 3.63) is 41.7 Å². The van der Waals surface area contributed by atoms with E-state index in [1.807, 2.05) is 6.92 Å². The standard InChI is InChI=1S/C16H22N4O/c1-3-9-21-16-14(17)15(19-11-20-16)18-10-13-7-5-12(4-2)6-8-13/h5-8,11H,3-4,9-10,17H2,1-2H3,(H,18,19,20). The van der Waals surface area contributed by atoms with E-state index in [1.165, 1.54) is 17.5 Å². The molecule has 0 aliphatic rings. The predicted octanol–water partition coefficient (Wildman–Crippen LogP) is 3.02. The van der Waals surface area contributed by atoms with Gasteiger partial charge in [0, 0.05) is 6.54 Å². The van der Waals surface area contributed by atoms with Gasteiger partial charge >= 0.3 is 0 Å². The SMILES string of the molecule is CCCOc1ncnc(NCc2ccc(CC)cc2)c1N. The molecule has 1 heterocycles. The van der Waals surface area contributed by atoms with Crippen molar-refractivity contribution >= 4 is 11.5 Å². The highest BCUT2D eigenvalue weighted by atomic mass is 16.5. The lowest BCUT2D eigenvalue weighted by molar-refractivity contribution is 0.306. The van der Waals surface area contributed by atoms with Gasteiger partial charge in [0.2, 0.25) is 5.88 Å². The third-order valence-electron chi connectivity index (χ3n) is 3.18. The van der Waals surface area contributed by atoms with Crippen molar-refractivity contribution < 1.29 is 4.74 Å². The Bertz CT molecular complexity index is 569. The number of nitrogens with one attached hydrogen (secondary N) is 1. The van der Waals surface area contributed by atoms with Crippen LogP contribution in [-0.4, -0.2) is 16.6 Å². The highest BCUT2D eigenvalue weighted by Gasteiger charge is 2.08. The molecule has 0 amide bonds. The number of rotatable bonds is 7. The van der Waals surface area contributed by atoms with Crippen molar-refractivity contribution in [3.63, 3.8) is 0 Å². The zero-order valence-corrected chi connectivity index (χ0v) is 12.6. The quantitative estimate of drug-likeness (QED) is 0.818. The van der Waals surface area contributed by atoms with E-state index >= 15 is 0 Å². The molecule has 2 rings (SSSR count). The van der Waals surface area contributed by atoms with Gasteiger partial charge in [0.05, 0.1) is 6.61 Å². The molecule has 1 aromatic carbocycles. The first-order valence-corrected chi connectivity index (χ1v) is 7.29. The maximum Gasteiger partial charge on any atom is 0.242 e. The Kier molecular flexibility index (Phi) is 5.37. The van der Waals surface area contributed by atoms with Crippen LogP contribution in [0.3, 0.4) is 0 Å². The van der Waals surface area contributed by atoms with Crippen LogP contribution in [0.4, 0.5) is 11.5 Å². The monoisotopic (exact) mass is 286 g/mol. The van der Waals surface area contributed by atoms with Crippen LogP contribution in [0, 0.1) is 0 Å². The maximum atomic E-state index is 6.02. The van der Waals surface area contributed by atoms with Gasteiger partial charge in [-0.05, 0) is 24.0 Å². The highest BCUT2D eigenvalue weighted by Crippen LogP contribution is 2.25. The van der Waals surface area contributed by atoms with Crippen LogP contribution >= 0.6 is 0 Å². The van der Waals surface area contributed by atoms with E-state index in [-0.39, 0.29) is 0 Å². The van der Waals surface area contributed by atoms with E-state index in [9.17, 15) is 0 Å². The summed E-state index contributed by atoms with van der Waals surface area (Å²) >= 11 is 0. The molecule has 0 atom stereocenters. The summed E-state index contributed by atoms with van der Waals surface area (Å²) in [7, 11) is 0. The third kappa shape index (κ3) is 4.08. The van der Waals surface area contributed by atoms with Gasteiger partial charge in [-0.3, -0.25) is 0 Å². The first kappa shape index (κ1) is 15.1. The fourth-order valence-corrected chi connectivity index (χ4v) is 1.91. The summed E-state index contributed by atoms with van der Waals surface area (Å²) in [6.45, 7) is 5.45. The number of aromatic nitrogens is 2. The summed E-state index contributed by atoms with van der Waals surface area (Å²) in [5.74, 6) is 1.05. The van der Waals surface area contributed by atoms with Crippen molar-refractivity contribution in [3.8, 4) is 5.88 Å². The zero-order chi connectivity index (χ0) is 15.1. The molecule has 0 spiro atoms. The average molecular weight is 286 g/mol. The van der Waals surface area contributed by atoms with Crippen molar-refractivity contribution in [2.24, 2.45) is 0 Å². The number of nitrogen functional groups attached to an aromatic ring is 1. The van der Waals surface area contributed by atoms with E-state index in [0.29, 0.717) is 30.5 Å². The second-order valence-corrected chi connectivity index (χ2v) is 4.81. The molecule has 3 N–H and O–H groups in total. The van der Waals surface area contributed by atoms with Crippen molar-refractivity contribution in [1.29, 1.82) is 0 Å². The Balaban J connectivity index is 2.01. The van der Waals surface area contributed by atoms with Crippen molar-refractivity contribution in [1.82, 2.24) is 9.97 Å². The lowest BCUT2D eigenvalue weighted by atomic mass is 10.1. The predicted molar refractivity (Wildman–Crippen MR) is 85.4 cm³/mol. The van der Waals surface area contributed by atoms with Gasteiger partial charge in [0.1, 0.15) is 12.0 Å². The Labute approximate surface area is 125 Å². The molecule has 5 heteroatoms. The van der Waals surface area contributed by atoms with Gasteiger partial charge in [-0.25, -0.2) is 4.98 Å². The first-order valence-electron chi connectivity index (χ1n) is 7.29. The Morgan fingerprint density at radius 1 is 1.10 bits per heavy atom. The second-order valence-electron chi connectivity index (χ2n) is 4.81.